The Labute approximate surface area is 99.6 Å². The van der Waals surface area contributed by atoms with Crippen LogP contribution in [0.15, 0.2) is 24.3 Å². The molecule has 0 saturated carbocycles. The Bertz CT molecular complexity index is 377. The Kier molecular flexibility index (Phi) is 4.45. The molecule has 0 spiro atoms. The Hall–Kier alpha value is -0.700. The zero-order valence-corrected chi connectivity index (χ0v) is 10.0. The molecule has 0 bridgehead atoms. The molecule has 0 amide bonds. The third kappa shape index (κ3) is 3.42. The van der Waals surface area contributed by atoms with E-state index in [-0.39, 0.29) is 0 Å². The Balaban J connectivity index is 2.98. The highest BCUT2D eigenvalue weighted by atomic mass is 35.5. The van der Waals surface area contributed by atoms with E-state index in [1.807, 2.05) is 6.92 Å². The third-order valence-corrected chi connectivity index (χ3v) is 2.27. The molecule has 0 fully saturated rings. The maximum absolute atomic E-state index is 6.00. The van der Waals surface area contributed by atoms with Gasteiger partial charge in [-0.15, -0.1) is 0 Å². The maximum Gasteiger partial charge on any atom is 0.142 e. The molecule has 0 heterocycles. The van der Waals surface area contributed by atoms with Crippen LogP contribution >= 0.6 is 23.2 Å². The van der Waals surface area contributed by atoms with Crippen LogP contribution < -0.4 is 10.5 Å². The molecule has 15 heavy (non-hydrogen) atoms. The Morgan fingerprint density at radius 3 is 2.67 bits per heavy atom. The van der Waals surface area contributed by atoms with Crippen LogP contribution in [0.4, 0.5) is 0 Å². The van der Waals surface area contributed by atoms with E-state index in [9.17, 15) is 0 Å². The summed E-state index contributed by atoms with van der Waals surface area (Å²) in [7, 11) is 0. The fourth-order valence-electron chi connectivity index (χ4n) is 1.12. The lowest BCUT2D eigenvalue weighted by molar-refractivity contribution is 0.349. The standard InChI is InChI=1S/C11H13Cl2NO/c1-7(2)6-15-11-8(5-14)3-9(12)4-10(11)13/h3-4H,1,5-6,14H2,2H3. The Morgan fingerprint density at radius 2 is 2.13 bits per heavy atom. The van der Waals surface area contributed by atoms with Crippen molar-refractivity contribution in [2.24, 2.45) is 5.73 Å². The number of halogens is 2. The van der Waals surface area contributed by atoms with Gasteiger partial charge >= 0.3 is 0 Å². The zero-order valence-electron chi connectivity index (χ0n) is 8.52. The van der Waals surface area contributed by atoms with Crippen molar-refractivity contribution < 1.29 is 4.74 Å². The molecule has 82 valence electrons. The topological polar surface area (TPSA) is 35.2 Å². The van der Waals surface area contributed by atoms with Gasteiger partial charge in [-0.3, -0.25) is 0 Å². The van der Waals surface area contributed by atoms with Gasteiger partial charge in [0.05, 0.1) is 5.02 Å². The van der Waals surface area contributed by atoms with Crippen LogP contribution in [0.1, 0.15) is 12.5 Å². The van der Waals surface area contributed by atoms with Gasteiger partial charge in [0.15, 0.2) is 0 Å². The molecule has 0 atom stereocenters. The first-order valence-electron chi connectivity index (χ1n) is 4.49. The van der Waals surface area contributed by atoms with Crippen molar-refractivity contribution in [3.05, 3.63) is 39.9 Å². The van der Waals surface area contributed by atoms with Gasteiger partial charge in [-0.1, -0.05) is 29.8 Å². The SMILES string of the molecule is C=C(C)COc1c(Cl)cc(Cl)cc1CN. The number of nitrogens with two attached hydrogens (primary N) is 1. The van der Waals surface area contributed by atoms with E-state index in [2.05, 4.69) is 6.58 Å². The van der Waals surface area contributed by atoms with Crippen LogP contribution in [0, 0.1) is 0 Å². The Morgan fingerprint density at radius 1 is 1.47 bits per heavy atom. The number of hydrogen-bond donors (Lipinski definition) is 1. The predicted molar refractivity (Wildman–Crippen MR) is 64.7 cm³/mol. The highest BCUT2D eigenvalue weighted by Gasteiger charge is 2.09. The first-order valence-corrected chi connectivity index (χ1v) is 5.25. The van der Waals surface area contributed by atoms with Crippen molar-refractivity contribution >= 4 is 23.2 Å². The third-order valence-electron chi connectivity index (χ3n) is 1.77. The first kappa shape index (κ1) is 12.4. The molecule has 1 aromatic carbocycles. The normalized spacial score (nSPS) is 10.1. The van der Waals surface area contributed by atoms with Gasteiger partial charge in [-0.2, -0.15) is 0 Å². The molecule has 0 aromatic heterocycles. The molecular weight excluding hydrogens is 233 g/mol. The lowest BCUT2D eigenvalue weighted by Crippen LogP contribution is -2.04. The van der Waals surface area contributed by atoms with Crippen LogP contribution in [0.5, 0.6) is 5.75 Å². The van der Waals surface area contributed by atoms with E-state index in [0.29, 0.717) is 28.9 Å². The molecule has 2 nitrogen and oxygen atoms in total. The molecule has 0 saturated heterocycles. The van der Waals surface area contributed by atoms with Crippen molar-refractivity contribution in [3.8, 4) is 5.75 Å². The number of ether oxygens (including phenoxy) is 1. The lowest BCUT2D eigenvalue weighted by Gasteiger charge is -2.12. The molecule has 0 radical (unpaired) electrons. The fraction of sp³-hybridized carbons (Fsp3) is 0.273. The molecule has 1 aromatic rings. The summed E-state index contributed by atoms with van der Waals surface area (Å²) >= 11 is 11.9. The van der Waals surface area contributed by atoms with Crippen LogP contribution in [-0.4, -0.2) is 6.61 Å². The first-order chi connectivity index (χ1) is 7.04. The fourth-order valence-corrected chi connectivity index (χ4v) is 1.71. The highest BCUT2D eigenvalue weighted by molar-refractivity contribution is 6.35. The summed E-state index contributed by atoms with van der Waals surface area (Å²) in [6, 6.07) is 3.39. The molecule has 1 rings (SSSR count). The number of rotatable bonds is 4. The van der Waals surface area contributed by atoms with Gasteiger partial charge in [0, 0.05) is 17.1 Å². The van der Waals surface area contributed by atoms with E-state index < -0.39 is 0 Å². The minimum absolute atomic E-state index is 0.339. The minimum atomic E-state index is 0.339. The molecule has 0 unspecified atom stereocenters. The molecule has 0 aliphatic carbocycles. The molecule has 0 aliphatic heterocycles. The van der Waals surface area contributed by atoms with Crippen molar-refractivity contribution in [3.63, 3.8) is 0 Å². The number of hydrogen-bond acceptors (Lipinski definition) is 2. The van der Waals surface area contributed by atoms with E-state index in [1.54, 1.807) is 12.1 Å². The second-order valence-electron chi connectivity index (χ2n) is 3.33. The van der Waals surface area contributed by atoms with E-state index in [1.165, 1.54) is 0 Å². The quantitative estimate of drug-likeness (QED) is 0.826. The van der Waals surface area contributed by atoms with Gasteiger partial charge in [0.25, 0.3) is 0 Å². The van der Waals surface area contributed by atoms with Gasteiger partial charge in [0.2, 0.25) is 0 Å². The van der Waals surface area contributed by atoms with Crippen molar-refractivity contribution in [1.82, 2.24) is 0 Å². The van der Waals surface area contributed by atoms with E-state index in [0.717, 1.165) is 11.1 Å². The monoisotopic (exact) mass is 245 g/mol. The predicted octanol–water partition coefficient (Wildman–Crippen LogP) is 3.41. The summed E-state index contributed by atoms with van der Waals surface area (Å²) < 4.78 is 5.51. The zero-order chi connectivity index (χ0) is 11.4. The van der Waals surface area contributed by atoms with Crippen LogP contribution in [0.25, 0.3) is 0 Å². The smallest absolute Gasteiger partial charge is 0.142 e. The average molecular weight is 246 g/mol. The average Bonchev–Trinajstić information content (AvgIpc) is 2.14. The summed E-state index contributed by atoms with van der Waals surface area (Å²) in [5, 5.41) is 1.03. The number of benzene rings is 1. The largest absolute Gasteiger partial charge is 0.487 e. The van der Waals surface area contributed by atoms with Gasteiger partial charge < -0.3 is 10.5 Å². The van der Waals surface area contributed by atoms with E-state index >= 15 is 0 Å². The summed E-state index contributed by atoms with van der Waals surface area (Å²) in [4.78, 5) is 0. The molecular formula is C11H13Cl2NO. The van der Waals surface area contributed by atoms with Crippen LogP contribution in [0.2, 0.25) is 10.0 Å². The van der Waals surface area contributed by atoms with Gasteiger partial charge in [-0.05, 0) is 24.6 Å². The van der Waals surface area contributed by atoms with Gasteiger partial charge in [0.1, 0.15) is 12.4 Å². The molecule has 4 heteroatoms. The van der Waals surface area contributed by atoms with Crippen LogP contribution in [-0.2, 0) is 6.54 Å². The maximum atomic E-state index is 6.00. The summed E-state index contributed by atoms with van der Waals surface area (Å²) in [5.41, 5.74) is 7.30. The molecule has 2 N–H and O–H groups in total. The van der Waals surface area contributed by atoms with Gasteiger partial charge in [-0.25, -0.2) is 0 Å². The molecule has 0 aliphatic rings. The highest BCUT2D eigenvalue weighted by Crippen LogP contribution is 2.32. The van der Waals surface area contributed by atoms with Crippen molar-refractivity contribution in [1.29, 1.82) is 0 Å². The van der Waals surface area contributed by atoms with Crippen molar-refractivity contribution in [2.45, 2.75) is 13.5 Å². The van der Waals surface area contributed by atoms with Crippen molar-refractivity contribution in [2.75, 3.05) is 6.61 Å². The van der Waals surface area contributed by atoms with Crippen LogP contribution in [0.3, 0.4) is 0 Å². The summed E-state index contributed by atoms with van der Waals surface area (Å²) in [6.07, 6.45) is 0. The lowest BCUT2D eigenvalue weighted by atomic mass is 10.2. The summed E-state index contributed by atoms with van der Waals surface area (Å²) in [5.74, 6) is 0.589. The summed E-state index contributed by atoms with van der Waals surface area (Å²) in [6.45, 7) is 6.39. The van der Waals surface area contributed by atoms with E-state index in [4.69, 9.17) is 33.7 Å². The minimum Gasteiger partial charge on any atom is -0.487 e. The second kappa shape index (κ2) is 5.40. The second-order valence-corrected chi connectivity index (χ2v) is 4.17.